The quantitative estimate of drug-likeness (QED) is 0.902. The summed E-state index contributed by atoms with van der Waals surface area (Å²) in [5.74, 6) is -2.47. The van der Waals surface area contributed by atoms with Crippen LogP contribution >= 0.6 is 0 Å². The SMILES string of the molecule is COc1cccc(C(C)(F)F)c1C1CNCCO1. The predicted molar refractivity (Wildman–Crippen MR) is 64.1 cm³/mol. The second kappa shape index (κ2) is 5.20. The van der Waals surface area contributed by atoms with Gasteiger partial charge in [-0.25, -0.2) is 8.78 Å². The Morgan fingerprint density at radius 1 is 1.44 bits per heavy atom. The maximum absolute atomic E-state index is 13.7. The summed E-state index contributed by atoms with van der Waals surface area (Å²) in [4.78, 5) is 0. The summed E-state index contributed by atoms with van der Waals surface area (Å²) in [6.45, 7) is 2.66. The minimum absolute atomic E-state index is 0.0319. The molecule has 0 aromatic heterocycles. The third-order valence-electron chi connectivity index (χ3n) is 3.01. The lowest BCUT2D eigenvalue weighted by Gasteiger charge is -2.28. The van der Waals surface area contributed by atoms with Crippen LogP contribution in [0.3, 0.4) is 0 Å². The Morgan fingerprint density at radius 2 is 2.22 bits per heavy atom. The number of alkyl halides is 2. The van der Waals surface area contributed by atoms with Gasteiger partial charge in [0.05, 0.1) is 19.8 Å². The number of rotatable bonds is 3. The number of benzene rings is 1. The van der Waals surface area contributed by atoms with Gasteiger partial charge in [-0.05, 0) is 6.07 Å². The van der Waals surface area contributed by atoms with Crippen molar-refractivity contribution < 1.29 is 18.3 Å². The first-order chi connectivity index (χ1) is 8.54. The highest BCUT2D eigenvalue weighted by Gasteiger charge is 2.33. The predicted octanol–water partition coefficient (Wildman–Crippen LogP) is 2.47. The summed E-state index contributed by atoms with van der Waals surface area (Å²) in [7, 11) is 1.48. The van der Waals surface area contributed by atoms with Crippen molar-refractivity contribution in [3.05, 3.63) is 29.3 Å². The van der Waals surface area contributed by atoms with Crippen molar-refractivity contribution in [3.8, 4) is 5.75 Å². The highest BCUT2D eigenvalue weighted by molar-refractivity contribution is 5.44. The second-order valence-corrected chi connectivity index (χ2v) is 4.37. The molecular formula is C13H17F2NO2. The smallest absolute Gasteiger partial charge is 0.271 e. The third kappa shape index (κ3) is 2.62. The van der Waals surface area contributed by atoms with Gasteiger partial charge in [-0.3, -0.25) is 0 Å². The fourth-order valence-electron chi connectivity index (χ4n) is 2.19. The normalized spacial score (nSPS) is 20.8. The van der Waals surface area contributed by atoms with Crippen LogP contribution in [0.5, 0.6) is 5.75 Å². The Hall–Kier alpha value is -1.20. The molecule has 18 heavy (non-hydrogen) atoms. The van der Waals surface area contributed by atoms with Crippen LogP contribution in [0, 0.1) is 0 Å². The first kappa shape index (κ1) is 13.2. The Labute approximate surface area is 105 Å². The van der Waals surface area contributed by atoms with Gasteiger partial charge in [0, 0.05) is 31.1 Å². The highest BCUT2D eigenvalue weighted by atomic mass is 19.3. The molecule has 1 fully saturated rings. The molecule has 1 aromatic rings. The molecule has 1 atom stereocenters. The van der Waals surface area contributed by atoms with E-state index in [2.05, 4.69) is 5.32 Å². The molecular weight excluding hydrogens is 240 g/mol. The molecule has 1 unspecified atom stereocenters. The molecule has 5 heteroatoms. The largest absolute Gasteiger partial charge is 0.496 e. The summed E-state index contributed by atoms with van der Waals surface area (Å²) in [5.41, 5.74) is 0.412. The summed E-state index contributed by atoms with van der Waals surface area (Å²) >= 11 is 0. The lowest BCUT2D eigenvalue weighted by molar-refractivity contribution is 0.000193. The van der Waals surface area contributed by atoms with E-state index in [-0.39, 0.29) is 5.56 Å². The van der Waals surface area contributed by atoms with Gasteiger partial charge in [0.1, 0.15) is 5.75 Å². The van der Waals surface area contributed by atoms with Crippen molar-refractivity contribution in [1.29, 1.82) is 0 Å². The maximum Gasteiger partial charge on any atom is 0.271 e. The maximum atomic E-state index is 13.7. The minimum Gasteiger partial charge on any atom is -0.496 e. The van der Waals surface area contributed by atoms with Crippen LogP contribution in [-0.4, -0.2) is 26.8 Å². The summed E-state index contributed by atoms with van der Waals surface area (Å²) in [5, 5.41) is 3.14. The molecule has 0 amide bonds. The van der Waals surface area contributed by atoms with Gasteiger partial charge < -0.3 is 14.8 Å². The summed E-state index contributed by atoms with van der Waals surface area (Å²) in [6, 6.07) is 4.68. The first-order valence-corrected chi connectivity index (χ1v) is 5.91. The first-order valence-electron chi connectivity index (χ1n) is 5.91. The molecule has 1 heterocycles. The van der Waals surface area contributed by atoms with E-state index >= 15 is 0 Å². The van der Waals surface area contributed by atoms with E-state index in [9.17, 15) is 8.78 Å². The Morgan fingerprint density at radius 3 is 2.78 bits per heavy atom. The van der Waals surface area contributed by atoms with Crippen LogP contribution in [0.2, 0.25) is 0 Å². The average molecular weight is 257 g/mol. The second-order valence-electron chi connectivity index (χ2n) is 4.37. The molecule has 1 saturated heterocycles. The van der Waals surface area contributed by atoms with E-state index in [1.165, 1.54) is 13.2 Å². The van der Waals surface area contributed by atoms with Crippen molar-refractivity contribution >= 4 is 0 Å². The number of hydrogen-bond donors (Lipinski definition) is 1. The zero-order valence-electron chi connectivity index (χ0n) is 10.5. The van der Waals surface area contributed by atoms with E-state index in [1.54, 1.807) is 12.1 Å². The van der Waals surface area contributed by atoms with Crippen LogP contribution in [0.15, 0.2) is 18.2 Å². The minimum atomic E-state index is -2.91. The molecule has 1 aliphatic rings. The van der Waals surface area contributed by atoms with Crippen LogP contribution in [0.4, 0.5) is 8.78 Å². The fourth-order valence-corrected chi connectivity index (χ4v) is 2.19. The van der Waals surface area contributed by atoms with Gasteiger partial charge >= 0.3 is 0 Å². The van der Waals surface area contributed by atoms with Gasteiger partial charge in [0.25, 0.3) is 5.92 Å². The molecule has 1 aliphatic heterocycles. The van der Waals surface area contributed by atoms with Crippen molar-refractivity contribution in [2.75, 3.05) is 26.8 Å². The molecule has 0 radical (unpaired) electrons. The van der Waals surface area contributed by atoms with Crippen molar-refractivity contribution in [1.82, 2.24) is 5.32 Å². The molecule has 1 N–H and O–H groups in total. The molecule has 0 saturated carbocycles. The molecule has 3 nitrogen and oxygen atoms in total. The topological polar surface area (TPSA) is 30.5 Å². The number of halogens is 2. The van der Waals surface area contributed by atoms with Crippen LogP contribution in [0.25, 0.3) is 0 Å². The van der Waals surface area contributed by atoms with Gasteiger partial charge in [-0.15, -0.1) is 0 Å². The molecule has 0 bridgehead atoms. The molecule has 1 aromatic carbocycles. The van der Waals surface area contributed by atoms with Crippen LogP contribution in [-0.2, 0) is 10.7 Å². The van der Waals surface area contributed by atoms with Crippen LogP contribution < -0.4 is 10.1 Å². The number of nitrogens with one attached hydrogen (secondary N) is 1. The Kier molecular flexibility index (Phi) is 3.82. The number of hydrogen-bond acceptors (Lipinski definition) is 3. The monoisotopic (exact) mass is 257 g/mol. The molecule has 2 rings (SSSR count). The lowest BCUT2D eigenvalue weighted by Crippen LogP contribution is -2.34. The Balaban J connectivity index is 2.46. The Bertz CT molecular complexity index is 412. The number of morpholine rings is 1. The third-order valence-corrected chi connectivity index (χ3v) is 3.01. The van der Waals surface area contributed by atoms with Gasteiger partial charge in [0.2, 0.25) is 0 Å². The van der Waals surface area contributed by atoms with E-state index in [4.69, 9.17) is 9.47 Å². The molecule has 0 spiro atoms. The molecule has 0 aliphatic carbocycles. The van der Waals surface area contributed by atoms with Crippen molar-refractivity contribution in [2.45, 2.75) is 19.0 Å². The average Bonchev–Trinajstić information content (AvgIpc) is 2.38. The number of ether oxygens (including phenoxy) is 2. The van der Waals surface area contributed by atoms with Crippen molar-refractivity contribution in [2.24, 2.45) is 0 Å². The van der Waals surface area contributed by atoms with E-state index in [0.717, 1.165) is 13.5 Å². The lowest BCUT2D eigenvalue weighted by atomic mass is 9.96. The zero-order valence-corrected chi connectivity index (χ0v) is 10.5. The zero-order chi connectivity index (χ0) is 13.2. The fraction of sp³-hybridized carbons (Fsp3) is 0.538. The van der Waals surface area contributed by atoms with Gasteiger partial charge in [-0.2, -0.15) is 0 Å². The highest BCUT2D eigenvalue weighted by Crippen LogP contribution is 2.39. The van der Waals surface area contributed by atoms with Crippen LogP contribution in [0.1, 0.15) is 24.2 Å². The van der Waals surface area contributed by atoms with Crippen molar-refractivity contribution in [3.63, 3.8) is 0 Å². The summed E-state index contributed by atoms with van der Waals surface area (Å²) < 4.78 is 38.1. The van der Waals surface area contributed by atoms with E-state index < -0.39 is 12.0 Å². The van der Waals surface area contributed by atoms with Gasteiger partial charge in [-0.1, -0.05) is 12.1 Å². The summed E-state index contributed by atoms with van der Waals surface area (Å²) in [6.07, 6.45) is -0.393. The molecule has 100 valence electrons. The van der Waals surface area contributed by atoms with Gasteiger partial charge in [0.15, 0.2) is 0 Å². The standard InChI is InChI=1S/C13H17F2NO2/c1-13(14,15)9-4-3-5-10(17-2)12(9)11-8-16-6-7-18-11/h3-5,11,16H,6-8H2,1-2H3. The number of methoxy groups -OCH3 is 1. The van der Waals surface area contributed by atoms with E-state index in [0.29, 0.717) is 24.5 Å². The van der Waals surface area contributed by atoms with E-state index in [1.807, 2.05) is 0 Å².